The first-order chi connectivity index (χ1) is 14.5. The van der Waals surface area contributed by atoms with Gasteiger partial charge in [-0.1, -0.05) is 36.4 Å². The molecule has 0 unspecified atom stereocenters. The molecule has 0 saturated heterocycles. The number of amides is 1. The summed E-state index contributed by atoms with van der Waals surface area (Å²) in [4.78, 5) is 28.8. The Morgan fingerprint density at radius 1 is 0.967 bits per heavy atom. The normalized spacial score (nSPS) is 11.9. The number of aromatic nitrogens is 1. The van der Waals surface area contributed by atoms with Crippen molar-refractivity contribution in [2.24, 2.45) is 5.73 Å². The Labute approximate surface area is 173 Å². The van der Waals surface area contributed by atoms with Gasteiger partial charge in [-0.15, -0.1) is 0 Å². The number of carbonyl (C=O) groups is 2. The van der Waals surface area contributed by atoms with E-state index in [1.807, 2.05) is 54.6 Å². The number of benzene rings is 3. The van der Waals surface area contributed by atoms with Crippen LogP contribution in [0.5, 0.6) is 5.75 Å². The highest BCUT2D eigenvalue weighted by molar-refractivity contribution is 6.05. The smallest absolute Gasteiger partial charge is 0.339 e. The molecule has 0 radical (unpaired) electrons. The first-order valence-electron chi connectivity index (χ1n) is 9.44. The zero-order valence-corrected chi connectivity index (χ0v) is 16.6. The van der Waals surface area contributed by atoms with Gasteiger partial charge in [0, 0.05) is 10.9 Å². The molecule has 0 aliphatic heterocycles. The third kappa shape index (κ3) is 3.67. The van der Waals surface area contributed by atoms with Gasteiger partial charge in [-0.05, 0) is 48.0 Å². The van der Waals surface area contributed by atoms with Crippen molar-refractivity contribution in [2.45, 2.75) is 13.0 Å². The second-order valence-electron chi connectivity index (χ2n) is 6.95. The van der Waals surface area contributed by atoms with Crippen molar-refractivity contribution in [3.05, 3.63) is 72.3 Å². The highest BCUT2D eigenvalue weighted by Gasteiger charge is 2.20. The maximum Gasteiger partial charge on any atom is 0.339 e. The number of primary amides is 1. The van der Waals surface area contributed by atoms with Crippen LogP contribution in [-0.4, -0.2) is 30.1 Å². The molecule has 0 saturated carbocycles. The second kappa shape index (κ2) is 7.83. The van der Waals surface area contributed by atoms with Crippen LogP contribution in [-0.2, 0) is 9.53 Å². The molecule has 0 fully saturated rings. The summed E-state index contributed by atoms with van der Waals surface area (Å²) in [6.45, 7) is 1.45. The Morgan fingerprint density at radius 2 is 1.70 bits per heavy atom. The number of carbonyl (C=O) groups excluding carboxylic acids is 2. The predicted molar refractivity (Wildman–Crippen MR) is 115 cm³/mol. The minimum atomic E-state index is -1.02. The maximum absolute atomic E-state index is 12.8. The van der Waals surface area contributed by atoms with Crippen LogP contribution >= 0.6 is 0 Å². The Balaban J connectivity index is 1.82. The minimum absolute atomic E-state index is 0.332. The monoisotopic (exact) mass is 400 g/mol. The summed E-state index contributed by atoms with van der Waals surface area (Å²) in [5.74, 6) is -0.536. The number of hydrogen-bond acceptors (Lipinski definition) is 5. The number of methoxy groups -OCH3 is 1. The van der Waals surface area contributed by atoms with Crippen LogP contribution in [0.1, 0.15) is 17.3 Å². The molecule has 4 rings (SSSR count). The van der Waals surface area contributed by atoms with E-state index in [1.165, 1.54) is 6.92 Å². The van der Waals surface area contributed by atoms with Crippen molar-refractivity contribution in [2.75, 3.05) is 7.11 Å². The SMILES string of the molecule is COc1ccc2cc(-c3cc(C(=O)O[C@@H](C)C(N)=O)c4ccccc4n3)ccc2c1. The quantitative estimate of drug-likeness (QED) is 0.510. The molecule has 30 heavy (non-hydrogen) atoms. The largest absolute Gasteiger partial charge is 0.497 e. The third-order valence-corrected chi connectivity index (χ3v) is 4.96. The number of nitrogens with zero attached hydrogens (tertiary/aromatic N) is 1. The van der Waals surface area contributed by atoms with Crippen LogP contribution in [0, 0.1) is 0 Å². The van der Waals surface area contributed by atoms with E-state index < -0.39 is 18.0 Å². The molecule has 3 aromatic carbocycles. The van der Waals surface area contributed by atoms with Gasteiger partial charge in [-0.25, -0.2) is 9.78 Å². The van der Waals surface area contributed by atoms with E-state index in [0.29, 0.717) is 22.2 Å². The lowest BCUT2D eigenvalue weighted by Gasteiger charge is -2.13. The zero-order chi connectivity index (χ0) is 21.3. The fraction of sp³-hybridized carbons (Fsp3) is 0.125. The van der Waals surface area contributed by atoms with Gasteiger partial charge in [0.15, 0.2) is 6.10 Å². The number of ether oxygens (including phenoxy) is 2. The Hall–Kier alpha value is -3.93. The average Bonchev–Trinajstić information content (AvgIpc) is 2.77. The summed E-state index contributed by atoms with van der Waals surface area (Å²) in [6, 6.07) is 20.8. The lowest BCUT2D eigenvalue weighted by Crippen LogP contribution is -2.30. The number of esters is 1. The molecule has 150 valence electrons. The van der Waals surface area contributed by atoms with Crippen molar-refractivity contribution in [3.63, 3.8) is 0 Å². The van der Waals surface area contributed by atoms with Gasteiger partial charge < -0.3 is 15.2 Å². The predicted octanol–water partition coefficient (Wildman–Crippen LogP) is 4.09. The Morgan fingerprint density at radius 3 is 2.47 bits per heavy atom. The highest BCUT2D eigenvalue weighted by Crippen LogP contribution is 2.29. The van der Waals surface area contributed by atoms with E-state index >= 15 is 0 Å². The number of rotatable bonds is 5. The molecule has 0 aliphatic carbocycles. The van der Waals surface area contributed by atoms with E-state index in [1.54, 1.807) is 19.2 Å². The number of fused-ring (bicyclic) bond motifs is 2. The standard InChI is InChI=1S/C24H20N2O4/c1-14(23(25)27)30-24(28)20-13-22(26-21-6-4-3-5-19(20)21)17-8-7-16-12-18(29-2)10-9-15(16)11-17/h3-14H,1-2H3,(H2,25,27)/t14-/m0/s1. The van der Waals surface area contributed by atoms with Crippen molar-refractivity contribution >= 4 is 33.6 Å². The highest BCUT2D eigenvalue weighted by atomic mass is 16.5. The van der Waals surface area contributed by atoms with Gasteiger partial charge in [0.05, 0.1) is 23.9 Å². The summed E-state index contributed by atoms with van der Waals surface area (Å²) in [6.07, 6.45) is -1.02. The first-order valence-corrected chi connectivity index (χ1v) is 9.44. The Bertz CT molecular complexity index is 1280. The number of nitrogens with two attached hydrogens (primary N) is 1. The second-order valence-corrected chi connectivity index (χ2v) is 6.95. The van der Waals surface area contributed by atoms with Gasteiger partial charge in [-0.2, -0.15) is 0 Å². The molecule has 4 aromatic rings. The molecule has 1 aromatic heterocycles. The topological polar surface area (TPSA) is 91.5 Å². The fourth-order valence-corrected chi connectivity index (χ4v) is 3.28. The molecular formula is C24H20N2O4. The molecular weight excluding hydrogens is 380 g/mol. The van der Waals surface area contributed by atoms with Crippen LogP contribution < -0.4 is 10.5 Å². The fourth-order valence-electron chi connectivity index (χ4n) is 3.28. The van der Waals surface area contributed by atoms with Crippen molar-refractivity contribution in [1.29, 1.82) is 0 Å². The van der Waals surface area contributed by atoms with E-state index in [9.17, 15) is 9.59 Å². The molecule has 0 bridgehead atoms. The number of pyridine rings is 1. The molecule has 1 amide bonds. The van der Waals surface area contributed by atoms with E-state index in [-0.39, 0.29) is 0 Å². The van der Waals surface area contributed by atoms with E-state index in [0.717, 1.165) is 22.1 Å². The van der Waals surface area contributed by atoms with Crippen LogP contribution in [0.3, 0.4) is 0 Å². The summed E-state index contributed by atoms with van der Waals surface area (Å²) < 4.78 is 10.5. The number of para-hydroxylation sites is 1. The van der Waals surface area contributed by atoms with Crippen molar-refractivity contribution in [3.8, 4) is 17.0 Å². The zero-order valence-electron chi connectivity index (χ0n) is 16.6. The maximum atomic E-state index is 12.8. The number of hydrogen-bond donors (Lipinski definition) is 1. The molecule has 1 atom stereocenters. The third-order valence-electron chi connectivity index (χ3n) is 4.96. The summed E-state index contributed by atoms with van der Waals surface area (Å²) in [5, 5.41) is 2.71. The lowest BCUT2D eigenvalue weighted by atomic mass is 10.0. The van der Waals surface area contributed by atoms with Crippen molar-refractivity contribution < 1.29 is 19.1 Å². The van der Waals surface area contributed by atoms with Crippen LogP contribution in [0.15, 0.2) is 66.7 Å². The molecule has 0 spiro atoms. The average molecular weight is 400 g/mol. The first kappa shape index (κ1) is 19.4. The molecule has 2 N–H and O–H groups in total. The van der Waals surface area contributed by atoms with Gasteiger partial charge >= 0.3 is 5.97 Å². The van der Waals surface area contributed by atoms with E-state index in [4.69, 9.17) is 20.2 Å². The van der Waals surface area contributed by atoms with E-state index in [2.05, 4.69) is 0 Å². The van der Waals surface area contributed by atoms with Crippen LogP contribution in [0.2, 0.25) is 0 Å². The van der Waals surface area contributed by atoms with Gasteiger partial charge in [0.1, 0.15) is 5.75 Å². The molecule has 6 heteroatoms. The molecule has 0 aliphatic rings. The lowest BCUT2D eigenvalue weighted by molar-refractivity contribution is -0.125. The van der Waals surface area contributed by atoms with Gasteiger partial charge in [0.2, 0.25) is 0 Å². The summed E-state index contributed by atoms with van der Waals surface area (Å²) in [7, 11) is 1.63. The molecule has 6 nitrogen and oxygen atoms in total. The van der Waals surface area contributed by atoms with Crippen LogP contribution in [0.4, 0.5) is 0 Å². The Kier molecular flexibility index (Phi) is 5.06. The van der Waals surface area contributed by atoms with Gasteiger partial charge in [-0.3, -0.25) is 4.79 Å². The van der Waals surface area contributed by atoms with Crippen LogP contribution in [0.25, 0.3) is 32.9 Å². The van der Waals surface area contributed by atoms with Crippen molar-refractivity contribution in [1.82, 2.24) is 4.98 Å². The summed E-state index contributed by atoms with van der Waals surface area (Å²) >= 11 is 0. The van der Waals surface area contributed by atoms with Gasteiger partial charge in [0.25, 0.3) is 5.91 Å². The summed E-state index contributed by atoms with van der Waals surface area (Å²) in [5.41, 5.74) is 7.71. The molecule has 1 heterocycles. The minimum Gasteiger partial charge on any atom is -0.497 e.